The number of carbonyl (C=O) groups excluding carboxylic acids is 1. The van der Waals surface area contributed by atoms with Gasteiger partial charge in [0.05, 0.1) is 6.04 Å². The number of carboxylic acid groups (broad SMARTS) is 1. The Kier molecular flexibility index (Phi) is 6.88. The monoisotopic (exact) mass is 292 g/mol. The zero-order valence-electron chi connectivity index (χ0n) is 12.6. The Morgan fingerprint density at radius 2 is 1.86 bits per heavy atom. The highest BCUT2D eigenvalue weighted by molar-refractivity contribution is 5.86. The van der Waals surface area contributed by atoms with E-state index in [-0.39, 0.29) is 0 Å². The molecular weight excluding hydrogens is 268 g/mol. The summed E-state index contributed by atoms with van der Waals surface area (Å²) < 4.78 is 0. The minimum absolute atomic E-state index is 0.290. The quantitative estimate of drug-likeness (QED) is 0.678. The van der Waals surface area contributed by atoms with Crippen molar-refractivity contribution < 1.29 is 14.7 Å². The lowest BCUT2D eigenvalue weighted by Crippen LogP contribution is -2.49. The zero-order valence-corrected chi connectivity index (χ0v) is 12.6. The topological polar surface area (TPSA) is 92.4 Å². The van der Waals surface area contributed by atoms with E-state index in [4.69, 9.17) is 5.73 Å². The van der Waals surface area contributed by atoms with Gasteiger partial charge in [0, 0.05) is 0 Å². The van der Waals surface area contributed by atoms with Crippen molar-refractivity contribution in [3.05, 3.63) is 35.9 Å². The molecule has 2 atom stereocenters. The molecule has 1 unspecified atom stereocenters. The molecule has 0 aliphatic rings. The molecule has 21 heavy (non-hydrogen) atoms. The van der Waals surface area contributed by atoms with Gasteiger partial charge in [-0.1, -0.05) is 44.2 Å². The van der Waals surface area contributed by atoms with Crippen LogP contribution in [0.5, 0.6) is 0 Å². The van der Waals surface area contributed by atoms with Gasteiger partial charge in [-0.15, -0.1) is 0 Å². The van der Waals surface area contributed by atoms with Crippen LogP contribution in [0.4, 0.5) is 0 Å². The molecule has 4 N–H and O–H groups in total. The number of nitrogens with two attached hydrogens (primary N) is 1. The summed E-state index contributed by atoms with van der Waals surface area (Å²) in [6.07, 6.45) is 1.48. The second-order valence-corrected chi connectivity index (χ2v) is 5.66. The normalized spacial score (nSPS) is 13.7. The molecule has 116 valence electrons. The lowest BCUT2D eigenvalue weighted by Gasteiger charge is -2.19. The van der Waals surface area contributed by atoms with E-state index in [0.29, 0.717) is 25.2 Å². The number of benzene rings is 1. The van der Waals surface area contributed by atoms with Crippen LogP contribution in [0.2, 0.25) is 0 Å². The third-order valence-electron chi connectivity index (χ3n) is 3.24. The second-order valence-electron chi connectivity index (χ2n) is 5.66. The first kappa shape index (κ1) is 17.2. The van der Waals surface area contributed by atoms with Crippen molar-refractivity contribution in [1.82, 2.24) is 5.32 Å². The van der Waals surface area contributed by atoms with Crippen molar-refractivity contribution in [2.45, 2.75) is 45.2 Å². The van der Waals surface area contributed by atoms with Crippen LogP contribution in [0.1, 0.15) is 32.3 Å². The van der Waals surface area contributed by atoms with Gasteiger partial charge in [0.1, 0.15) is 6.04 Å². The fourth-order valence-electron chi connectivity index (χ4n) is 2.11. The fourth-order valence-corrected chi connectivity index (χ4v) is 2.11. The van der Waals surface area contributed by atoms with Crippen LogP contribution in [-0.2, 0) is 16.0 Å². The molecule has 0 spiro atoms. The van der Waals surface area contributed by atoms with E-state index in [1.807, 2.05) is 44.2 Å². The van der Waals surface area contributed by atoms with Gasteiger partial charge >= 0.3 is 5.97 Å². The zero-order chi connectivity index (χ0) is 15.8. The summed E-state index contributed by atoms with van der Waals surface area (Å²) in [5.74, 6) is -1.14. The third-order valence-corrected chi connectivity index (χ3v) is 3.24. The Balaban J connectivity index is 2.54. The number of nitrogens with one attached hydrogen (secondary N) is 1. The van der Waals surface area contributed by atoms with Crippen molar-refractivity contribution >= 4 is 11.9 Å². The minimum Gasteiger partial charge on any atom is -0.480 e. The van der Waals surface area contributed by atoms with E-state index < -0.39 is 24.0 Å². The first-order valence-corrected chi connectivity index (χ1v) is 7.22. The number of rotatable bonds is 8. The van der Waals surface area contributed by atoms with Crippen LogP contribution in [-0.4, -0.2) is 29.1 Å². The molecule has 0 saturated carbocycles. The number of carbonyl (C=O) groups is 2. The van der Waals surface area contributed by atoms with Gasteiger partial charge in [-0.05, 0) is 30.7 Å². The Bertz CT molecular complexity index is 460. The molecule has 1 amide bonds. The van der Waals surface area contributed by atoms with Crippen LogP contribution in [0, 0.1) is 5.92 Å². The summed E-state index contributed by atoms with van der Waals surface area (Å²) >= 11 is 0. The molecule has 1 aromatic carbocycles. The first-order chi connectivity index (χ1) is 9.90. The van der Waals surface area contributed by atoms with Crippen molar-refractivity contribution in [3.63, 3.8) is 0 Å². The lowest BCUT2D eigenvalue weighted by molar-refractivity contribution is -0.142. The molecular formula is C16H24N2O3. The van der Waals surface area contributed by atoms with Gasteiger partial charge in [0.2, 0.25) is 5.91 Å². The van der Waals surface area contributed by atoms with Gasteiger partial charge in [0.15, 0.2) is 0 Å². The maximum Gasteiger partial charge on any atom is 0.326 e. The molecule has 0 aromatic heterocycles. The van der Waals surface area contributed by atoms with E-state index in [0.717, 1.165) is 5.56 Å². The highest BCUT2D eigenvalue weighted by atomic mass is 16.4. The number of aryl methyl sites for hydroxylation is 1. The second kappa shape index (κ2) is 8.42. The maximum absolute atomic E-state index is 11.9. The molecule has 0 bridgehead atoms. The van der Waals surface area contributed by atoms with Crippen molar-refractivity contribution in [3.8, 4) is 0 Å². The van der Waals surface area contributed by atoms with Crippen molar-refractivity contribution in [2.24, 2.45) is 11.7 Å². The minimum atomic E-state index is -1.03. The van der Waals surface area contributed by atoms with Crippen LogP contribution >= 0.6 is 0 Å². The Morgan fingerprint density at radius 1 is 1.24 bits per heavy atom. The Hall–Kier alpha value is -1.88. The van der Waals surface area contributed by atoms with E-state index in [1.165, 1.54) is 0 Å². The molecule has 0 aliphatic carbocycles. The van der Waals surface area contributed by atoms with Gasteiger partial charge in [-0.25, -0.2) is 4.79 Å². The predicted molar refractivity (Wildman–Crippen MR) is 81.8 cm³/mol. The Labute approximate surface area is 125 Å². The van der Waals surface area contributed by atoms with Gasteiger partial charge < -0.3 is 16.2 Å². The third kappa shape index (κ3) is 6.40. The summed E-state index contributed by atoms with van der Waals surface area (Å²) in [5.41, 5.74) is 6.81. The van der Waals surface area contributed by atoms with Crippen LogP contribution in [0.3, 0.4) is 0 Å². The van der Waals surface area contributed by atoms with Crippen molar-refractivity contribution in [2.75, 3.05) is 0 Å². The number of aliphatic carboxylic acids is 1. The smallest absolute Gasteiger partial charge is 0.326 e. The van der Waals surface area contributed by atoms with Gasteiger partial charge in [-0.3, -0.25) is 4.79 Å². The first-order valence-electron chi connectivity index (χ1n) is 7.22. The van der Waals surface area contributed by atoms with Crippen LogP contribution < -0.4 is 11.1 Å². The molecule has 5 heteroatoms. The van der Waals surface area contributed by atoms with Crippen molar-refractivity contribution in [1.29, 1.82) is 0 Å². The molecule has 1 rings (SSSR count). The SMILES string of the molecule is CC(C)CC(N)C(=O)N[C@@H](CCc1ccccc1)C(=O)O. The number of hydrogen-bond acceptors (Lipinski definition) is 3. The highest BCUT2D eigenvalue weighted by Gasteiger charge is 2.23. The highest BCUT2D eigenvalue weighted by Crippen LogP contribution is 2.07. The van der Waals surface area contributed by atoms with Gasteiger partial charge in [-0.2, -0.15) is 0 Å². The average Bonchev–Trinajstić information content (AvgIpc) is 2.43. The molecule has 0 radical (unpaired) electrons. The Morgan fingerprint density at radius 3 is 2.38 bits per heavy atom. The molecule has 0 saturated heterocycles. The molecule has 0 fully saturated rings. The summed E-state index contributed by atoms with van der Waals surface area (Å²) in [4.78, 5) is 23.2. The standard InChI is InChI=1S/C16H24N2O3/c1-11(2)10-13(17)15(19)18-14(16(20)21)9-8-12-6-4-3-5-7-12/h3-7,11,13-14H,8-10,17H2,1-2H3,(H,18,19)(H,20,21)/t13?,14-/m0/s1. The van der Waals surface area contributed by atoms with E-state index in [2.05, 4.69) is 5.32 Å². The van der Waals surface area contributed by atoms with Gasteiger partial charge in [0.25, 0.3) is 0 Å². The fraction of sp³-hybridized carbons (Fsp3) is 0.500. The molecule has 0 heterocycles. The van der Waals surface area contributed by atoms with Crippen LogP contribution in [0.25, 0.3) is 0 Å². The largest absolute Gasteiger partial charge is 0.480 e. The lowest BCUT2D eigenvalue weighted by atomic mass is 10.0. The summed E-state index contributed by atoms with van der Waals surface area (Å²) in [7, 11) is 0. The summed E-state index contributed by atoms with van der Waals surface area (Å²) in [6, 6.07) is 8.02. The average molecular weight is 292 g/mol. The van der Waals surface area contributed by atoms with Crippen LogP contribution in [0.15, 0.2) is 30.3 Å². The van der Waals surface area contributed by atoms with E-state index >= 15 is 0 Å². The number of amides is 1. The predicted octanol–water partition coefficient (Wildman–Crippen LogP) is 1.56. The number of hydrogen-bond donors (Lipinski definition) is 3. The van der Waals surface area contributed by atoms with E-state index in [9.17, 15) is 14.7 Å². The molecule has 0 aliphatic heterocycles. The maximum atomic E-state index is 11.9. The molecule has 5 nitrogen and oxygen atoms in total. The van der Waals surface area contributed by atoms with E-state index in [1.54, 1.807) is 0 Å². The number of carboxylic acids is 1. The summed E-state index contributed by atoms with van der Waals surface area (Å²) in [6.45, 7) is 3.94. The molecule has 1 aromatic rings. The summed E-state index contributed by atoms with van der Waals surface area (Å²) in [5, 5.41) is 11.7.